The highest BCUT2D eigenvalue weighted by molar-refractivity contribution is 6.23. The summed E-state index contributed by atoms with van der Waals surface area (Å²) in [4.78, 5) is 42.7. The summed E-state index contributed by atoms with van der Waals surface area (Å²) in [7, 11) is 0. The topological polar surface area (TPSA) is 81.5 Å². The number of benzene rings is 1. The van der Waals surface area contributed by atoms with E-state index in [9.17, 15) is 14.4 Å². The van der Waals surface area contributed by atoms with Crippen LogP contribution in [0.5, 0.6) is 0 Å². The van der Waals surface area contributed by atoms with Crippen molar-refractivity contribution in [3.05, 3.63) is 41.5 Å². The Kier molecular flexibility index (Phi) is 7.04. The minimum absolute atomic E-state index is 0.0241. The highest BCUT2D eigenvalue weighted by Crippen LogP contribution is 2.31. The van der Waals surface area contributed by atoms with Crippen molar-refractivity contribution in [2.45, 2.75) is 76.7 Å². The van der Waals surface area contributed by atoms with Crippen molar-refractivity contribution in [1.29, 1.82) is 5.26 Å². The van der Waals surface area contributed by atoms with Crippen molar-refractivity contribution in [3.63, 3.8) is 0 Å². The number of carbonyl (C=O) groups excluding carboxylic acids is 3. The van der Waals surface area contributed by atoms with Crippen LogP contribution in [0, 0.1) is 17.2 Å². The molecule has 3 aliphatic rings. The third kappa shape index (κ3) is 4.77. The molecule has 1 atom stereocenters. The molecule has 0 bridgehead atoms. The molecule has 1 aliphatic heterocycles. The molecule has 4 rings (SSSR count). The minimum atomic E-state index is -0.739. The summed E-state index contributed by atoms with van der Waals surface area (Å²) in [6, 6.07) is 7.75. The first-order valence-electron chi connectivity index (χ1n) is 11.9. The summed E-state index contributed by atoms with van der Waals surface area (Å²) in [5.41, 5.74) is 2.29. The fourth-order valence-electron chi connectivity index (χ4n) is 5.22. The van der Waals surface area contributed by atoms with E-state index in [1.54, 1.807) is 29.2 Å². The molecule has 3 amide bonds. The summed E-state index contributed by atoms with van der Waals surface area (Å²) in [5.74, 6) is -0.630. The lowest BCUT2D eigenvalue weighted by Gasteiger charge is -2.33. The predicted molar refractivity (Wildman–Crippen MR) is 122 cm³/mol. The van der Waals surface area contributed by atoms with Gasteiger partial charge in [0, 0.05) is 12.5 Å². The number of allylic oxidation sites excluding steroid dienone is 1. The molecule has 168 valence electrons. The molecule has 1 unspecified atom stereocenters. The van der Waals surface area contributed by atoms with Crippen molar-refractivity contribution in [2.75, 3.05) is 11.4 Å². The first-order chi connectivity index (χ1) is 15.6. The maximum atomic E-state index is 13.5. The zero-order chi connectivity index (χ0) is 22.5. The van der Waals surface area contributed by atoms with Crippen LogP contribution in [0.3, 0.4) is 0 Å². The van der Waals surface area contributed by atoms with Crippen LogP contribution in [0.4, 0.5) is 5.69 Å². The smallest absolute Gasteiger partial charge is 0.257 e. The van der Waals surface area contributed by atoms with Crippen LogP contribution in [-0.2, 0) is 14.4 Å². The lowest BCUT2D eigenvalue weighted by molar-refractivity contribution is -0.142. The van der Waals surface area contributed by atoms with E-state index in [4.69, 9.17) is 5.26 Å². The molecule has 6 nitrogen and oxygen atoms in total. The van der Waals surface area contributed by atoms with Gasteiger partial charge in [-0.1, -0.05) is 30.9 Å². The molecule has 0 radical (unpaired) electrons. The van der Waals surface area contributed by atoms with Crippen molar-refractivity contribution >= 4 is 23.4 Å². The number of nitriles is 1. The van der Waals surface area contributed by atoms with Gasteiger partial charge in [-0.25, -0.2) is 4.90 Å². The van der Waals surface area contributed by atoms with Crippen LogP contribution in [0.15, 0.2) is 35.9 Å². The van der Waals surface area contributed by atoms with E-state index < -0.39 is 6.04 Å². The number of anilines is 1. The summed E-state index contributed by atoms with van der Waals surface area (Å²) < 4.78 is 0. The van der Waals surface area contributed by atoms with Gasteiger partial charge in [0.15, 0.2) is 0 Å². The Balaban J connectivity index is 1.55. The number of amides is 3. The van der Waals surface area contributed by atoms with E-state index in [-0.39, 0.29) is 30.1 Å². The van der Waals surface area contributed by atoms with Gasteiger partial charge in [0.05, 0.1) is 23.7 Å². The Morgan fingerprint density at radius 1 is 1.06 bits per heavy atom. The van der Waals surface area contributed by atoms with Gasteiger partial charge in [0.2, 0.25) is 11.8 Å². The number of hydrogen-bond acceptors (Lipinski definition) is 4. The maximum absolute atomic E-state index is 13.5. The molecule has 2 aliphatic carbocycles. The second-order valence-corrected chi connectivity index (χ2v) is 9.17. The molecule has 1 saturated carbocycles. The van der Waals surface area contributed by atoms with E-state index >= 15 is 0 Å². The SMILES string of the molecule is N#Cc1ccc(N2C(=O)CC(N(CCC3=CCCCC3)C(=O)C3CCCCC3)C2=O)cc1. The molecule has 32 heavy (non-hydrogen) atoms. The Labute approximate surface area is 189 Å². The van der Waals surface area contributed by atoms with Gasteiger partial charge in [0.25, 0.3) is 5.91 Å². The molecule has 0 N–H and O–H groups in total. The Morgan fingerprint density at radius 2 is 1.81 bits per heavy atom. The van der Waals surface area contributed by atoms with E-state index in [0.29, 0.717) is 17.8 Å². The Hall–Kier alpha value is -2.94. The third-order valence-corrected chi connectivity index (χ3v) is 7.05. The van der Waals surface area contributed by atoms with Gasteiger partial charge in [0.1, 0.15) is 6.04 Å². The van der Waals surface area contributed by atoms with Gasteiger partial charge in [-0.3, -0.25) is 14.4 Å². The standard InChI is InChI=1S/C26H31N3O3/c27-18-20-11-13-22(14-12-20)29-24(30)17-23(26(29)32)28(16-15-19-7-3-1-4-8-19)25(31)21-9-5-2-6-10-21/h7,11-14,21,23H,1-6,8-10,15-17H2. The Morgan fingerprint density at radius 3 is 2.47 bits per heavy atom. The molecule has 6 heteroatoms. The molecule has 1 aromatic carbocycles. The summed E-state index contributed by atoms with van der Waals surface area (Å²) >= 11 is 0. The molecular weight excluding hydrogens is 402 g/mol. The number of carbonyl (C=O) groups is 3. The predicted octanol–water partition coefficient (Wildman–Crippen LogP) is 4.49. The number of hydrogen-bond donors (Lipinski definition) is 0. The highest BCUT2D eigenvalue weighted by atomic mass is 16.2. The number of nitrogens with zero attached hydrogens (tertiary/aromatic N) is 3. The average Bonchev–Trinajstić information content (AvgIpc) is 3.14. The molecule has 0 aromatic heterocycles. The van der Waals surface area contributed by atoms with Crippen molar-refractivity contribution in [3.8, 4) is 6.07 Å². The normalized spacial score (nSPS) is 21.9. The van der Waals surface area contributed by atoms with Crippen LogP contribution >= 0.6 is 0 Å². The van der Waals surface area contributed by atoms with E-state index in [1.807, 2.05) is 6.07 Å². The molecule has 2 fully saturated rings. The lowest BCUT2D eigenvalue weighted by atomic mass is 9.87. The maximum Gasteiger partial charge on any atom is 0.257 e. The zero-order valence-electron chi connectivity index (χ0n) is 18.6. The monoisotopic (exact) mass is 433 g/mol. The summed E-state index contributed by atoms with van der Waals surface area (Å²) in [5, 5.41) is 9.02. The third-order valence-electron chi connectivity index (χ3n) is 7.05. The average molecular weight is 434 g/mol. The van der Waals surface area contributed by atoms with Gasteiger partial charge in [-0.15, -0.1) is 0 Å². The first kappa shape index (κ1) is 22.3. The van der Waals surface area contributed by atoms with Gasteiger partial charge < -0.3 is 4.90 Å². The second-order valence-electron chi connectivity index (χ2n) is 9.17. The van der Waals surface area contributed by atoms with E-state index in [1.165, 1.54) is 23.3 Å². The summed E-state index contributed by atoms with van der Waals surface area (Å²) in [6.45, 7) is 0.492. The fourth-order valence-corrected chi connectivity index (χ4v) is 5.22. The number of rotatable bonds is 6. The first-order valence-corrected chi connectivity index (χ1v) is 11.9. The summed E-state index contributed by atoms with van der Waals surface area (Å²) in [6.07, 6.45) is 12.6. The largest absolute Gasteiger partial charge is 0.330 e. The fraction of sp³-hybridized carbons (Fsp3) is 0.538. The van der Waals surface area contributed by atoms with Crippen LogP contribution < -0.4 is 4.90 Å². The van der Waals surface area contributed by atoms with Crippen molar-refractivity contribution in [1.82, 2.24) is 4.90 Å². The van der Waals surface area contributed by atoms with Crippen molar-refractivity contribution < 1.29 is 14.4 Å². The molecular formula is C26H31N3O3. The Bertz CT molecular complexity index is 938. The highest BCUT2D eigenvalue weighted by Gasteiger charge is 2.45. The zero-order valence-corrected chi connectivity index (χ0v) is 18.6. The quantitative estimate of drug-likeness (QED) is 0.489. The van der Waals surface area contributed by atoms with Crippen LogP contribution in [0.2, 0.25) is 0 Å². The van der Waals surface area contributed by atoms with Crippen LogP contribution in [0.25, 0.3) is 0 Å². The minimum Gasteiger partial charge on any atom is -0.330 e. The van der Waals surface area contributed by atoms with E-state index in [0.717, 1.165) is 51.4 Å². The lowest BCUT2D eigenvalue weighted by Crippen LogP contribution is -2.48. The van der Waals surface area contributed by atoms with Crippen LogP contribution in [0.1, 0.15) is 76.2 Å². The van der Waals surface area contributed by atoms with Gasteiger partial charge in [-0.05, 0) is 69.2 Å². The van der Waals surface area contributed by atoms with Gasteiger partial charge in [-0.2, -0.15) is 5.26 Å². The molecule has 1 aromatic rings. The van der Waals surface area contributed by atoms with Gasteiger partial charge >= 0.3 is 0 Å². The van der Waals surface area contributed by atoms with Crippen molar-refractivity contribution in [2.24, 2.45) is 5.92 Å². The number of imide groups is 1. The molecule has 1 saturated heterocycles. The second kappa shape index (κ2) is 10.1. The van der Waals surface area contributed by atoms with E-state index in [2.05, 4.69) is 6.08 Å². The molecule has 0 spiro atoms. The molecule has 1 heterocycles. The van der Waals surface area contributed by atoms with Crippen LogP contribution in [-0.4, -0.2) is 35.2 Å².